The maximum absolute atomic E-state index is 3.59. The highest BCUT2D eigenvalue weighted by Crippen LogP contribution is 2.05. The average molecular weight is 247 g/mol. The van der Waals surface area contributed by atoms with E-state index in [0.29, 0.717) is 0 Å². The highest BCUT2D eigenvalue weighted by Gasteiger charge is 1.76. The summed E-state index contributed by atoms with van der Waals surface area (Å²) in [5.41, 5.74) is 1.29. The van der Waals surface area contributed by atoms with Gasteiger partial charge in [0, 0.05) is 4.48 Å². The SMILES string of the molecule is C=C/C(Br)=C\C=C(C)C.CC.CC. The van der Waals surface area contributed by atoms with Crippen LogP contribution in [0.1, 0.15) is 41.5 Å². The Morgan fingerprint density at radius 2 is 1.38 bits per heavy atom. The number of rotatable bonds is 2. The molecule has 0 fully saturated rings. The lowest BCUT2D eigenvalue weighted by Crippen LogP contribution is -1.61. The van der Waals surface area contributed by atoms with E-state index >= 15 is 0 Å². The van der Waals surface area contributed by atoms with E-state index < -0.39 is 0 Å². The highest BCUT2D eigenvalue weighted by molar-refractivity contribution is 9.11. The monoisotopic (exact) mass is 246 g/mol. The minimum absolute atomic E-state index is 1.02. The van der Waals surface area contributed by atoms with Gasteiger partial charge in [-0.1, -0.05) is 67.9 Å². The quantitative estimate of drug-likeness (QED) is 0.567. The maximum atomic E-state index is 3.59. The lowest BCUT2D eigenvalue weighted by Gasteiger charge is -1.84. The standard InChI is InChI=1S/C8H11Br.2C2H6/c1-4-8(9)6-5-7(2)3;2*1-2/h4-6H,1H2,2-3H3;2*1-2H3/b8-6+;;. The van der Waals surface area contributed by atoms with E-state index in [1.54, 1.807) is 6.08 Å². The van der Waals surface area contributed by atoms with Crippen molar-refractivity contribution in [2.45, 2.75) is 41.5 Å². The predicted octanol–water partition coefficient (Wildman–Crippen LogP) is 5.47. The van der Waals surface area contributed by atoms with Crippen LogP contribution in [-0.2, 0) is 0 Å². The van der Waals surface area contributed by atoms with E-state index in [-0.39, 0.29) is 0 Å². The Balaban J connectivity index is -0.000000218. The number of allylic oxidation sites excluding steroid dienone is 5. The summed E-state index contributed by atoms with van der Waals surface area (Å²) in [6.45, 7) is 15.7. The van der Waals surface area contributed by atoms with Gasteiger partial charge in [-0.2, -0.15) is 0 Å². The van der Waals surface area contributed by atoms with Crippen molar-refractivity contribution < 1.29 is 0 Å². The summed E-state index contributed by atoms with van der Waals surface area (Å²) in [4.78, 5) is 0. The Labute approximate surface area is 92.6 Å². The maximum Gasteiger partial charge on any atom is 0.0169 e. The van der Waals surface area contributed by atoms with E-state index in [0.717, 1.165) is 4.48 Å². The molecule has 13 heavy (non-hydrogen) atoms. The topological polar surface area (TPSA) is 0 Å². The summed E-state index contributed by atoms with van der Waals surface area (Å²) in [6, 6.07) is 0. The third kappa shape index (κ3) is 24.5. The fourth-order valence-corrected chi connectivity index (χ4v) is 0.446. The lowest BCUT2D eigenvalue weighted by molar-refractivity contribution is 1.39. The van der Waals surface area contributed by atoms with Crippen molar-refractivity contribution >= 4 is 15.9 Å². The molecular formula is C12H23Br. The van der Waals surface area contributed by atoms with Gasteiger partial charge >= 0.3 is 0 Å². The Bertz CT molecular complexity index is 149. The zero-order chi connectivity index (χ0) is 11.3. The third-order valence-electron chi connectivity index (χ3n) is 0.771. The molecule has 0 aliphatic carbocycles. The van der Waals surface area contributed by atoms with Crippen molar-refractivity contribution in [1.29, 1.82) is 0 Å². The molecule has 0 saturated carbocycles. The average Bonchev–Trinajstić information content (AvgIpc) is 2.20. The first-order chi connectivity index (χ1) is 6.16. The Morgan fingerprint density at radius 3 is 1.62 bits per heavy atom. The Hall–Kier alpha value is -0.300. The fraction of sp³-hybridized carbons (Fsp3) is 0.500. The highest BCUT2D eigenvalue weighted by atomic mass is 79.9. The van der Waals surface area contributed by atoms with Crippen LogP contribution in [-0.4, -0.2) is 0 Å². The summed E-state index contributed by atoms with van der Waals surface area (Å²) in [5.74, 6) is 0. The first-order valence-corrected chi connectivity index (χ1v) is 5.59. The van der Waals surface area contributed by atoms with Crippen molar-refractivity contribution in [2.24, 2.45) is 0 Å². The number of hydrogen-bond donors (Lipinski definition) is 0. The van der Waals surface area contributed by atoms with Crippen LogP contribution in [0.2, 0.25) is 0 Å². The van der Waals surface area contributed by atoms with Crippen molar-refractivity contribution in [3.05, 3.63) is 34.9 Å². The molecule has 78 valence electrons. The molecule has 0 rings (SSSR count). The molecule has 0 heterocycles. The summed E-state index contributed by atoms with van der Waals surface area (Å²) in [6.07, 6.45) is 5.77. The van der Waals surface area contributed by atoms with Gasteiger partial charge in [-0.25, -0.2) is 0 Å². The van der Waals surface area contributed by atoms with E-state index in [4.69, 9.17) is 0 Å². The van der Waals surface area contributed by atoms with Crippen LogP contribution in [0.4, 0.5) is 0 Å². The molecule has 0 saturated heterocycles. The molecule has 0 aromatic carbocycles. The second-order valence-corrected chi connectivity index (χ2v) is 2.92. The van der Waals surface area contributed by atoms with Gasteiger partial charge < -0.3 is 0 Å². The molecule has 0 aromatic heterocycles. The minimum Gasteiger partial charge on any atom is -0.0979 e. The minimum atomic E-state index is 1.02. The fourth-order valence-electron chi connectivity index (χ4n) is 0.314. The molecule has 0 unspecified atom stereocenters. The van der Waals surface area contributed by atoms with Gasteiger partial charge in [-0.3, -0.25) is 0 Å². The van der Waals surface area contributed by atoms with Crippen molar-refractivity contribution in [3.8, 4) is 0 Å². The zero-order valence-electron chi connectivity index (χ0n) is 9.82. The van der Waals surface area contributed by atoms with Gasteiger partial charge in [0.1, 0.15) is 0 Å². The summed E-state index contributed by atoms with van der Waals surface area (Å²) in [5, 5.41) is 0. The molecule has 0 nitrogen and oxygen atoms in total. The van der Waals surface area contributed by atoms with Crippen LogP contribution in [0.5, 0.6) is 0 Å². The van der Waals surface area contributed by atoms with E-state index in [9.17, 15) is 0 Å². The number of hydrogen-bond acceptors (Lipinski definition) is 0. The van der Waals surface area contributed by atoms with Crippen LogP contribution >= 0.6 is 15.9 Å². The first-order valence-electron chi connectivity index (χ1n) is 4.80. The second kappa shape index (κ2) is 17.7. The van der Waals surface area contributed by atoms with Gasteiger partial charge in [0.2, 0.25) is 0 Å². The van der Waals surface area contributed by atoms with Crippen LogP contribution in [0.25, 0.3) is 0 Å². The molecule has 0 aliphatic rings. The van der Waals surface area contributed by atoms with E-state index in [1.807, 2.05) is 39.8 Å². The van der Waals surface area contributed by atoms with Crippen LogP contribution in [0, 0.1) is 0 Å². The second-order valence-electron chi connectivity index (χ2n) is 2.00. The Morgan fingerprint density at radius 1 is 1.00 bits per heavy atom. The molecule has 0 amide bonds. The van der Waals surface area contributed by atoms with Gasteiger partial charge in [0.15, 0.2) is 0 Å². The lowest BCUT2D eigenvalue weighted by atomic mass is 10.3. The summed E-state index contributed by atoms with van der Waals surface area (Å²) >= 11 is 3.30. The third-order valence-corrected chi connectivity index (χ3v) is 1.36. The van der Waals surface area contributed by atoms with Gasteiger partial charge in [0.05, 0.1) is 0 Å². The molecule has 0 aliphatic heterocycles. The van der Waals surface area contributed by atoms with Crippen molar-refractivity contribution in [3.63, 3.8) is 0 Å². The van der Waals surface area contributed by atoms with Crippen molar-refractivity contribution in [2.75, 3.05) is 0 Å². The molecule has 1 heteroatoms. The molecule has 0 bridgehead atoms. The molecule has 0 radical (unpaired) electrons. The summed E-state index contributed by atoms with van der Waals surface area (Å²) < 4.78 is 1.02. The van der Waals surface area contributed by atoms with Gasteiger partial charge in [0.25, 0.3) is 0 Å². The molecule has 0 atom stereocenters. The predicted molar refractivity (Wildman–Crippen MR) is 69.3 cm³/mol. The van der Waals surface area contributed by atoms with E-state index in [1.165, 1.54) is 5.57 Å². The van der Waals surface area contributed by atoms with E-state index in [2.05, 4.69) is 36.4 Å². The normalized spacial score (nSPS) is 8.38. The molecular weight excluding hydrogens is 224 g/mol. The van der Waals surface area contributed by atoms with Crippen LogP contribution in [0.3, 0.4) is 0 Å². The molecule has 0 spiro atoms. The summed E-state index contributed by atoms with van der Waals surface area (Å²) in [7, 11) is 0. The first kappa shape index (κ1) is 18.5. The van der Waals surface area contributed by atoms with Crippen LogP contribution in [0.15, 0.2) is 34.9 Å². The largest absolute Gasteiger partial charge is 0.0979 e. The molecule has 0 aromatic rings. The molecule has 0 N–H and O–H groups in total. The number of halogens is 1. The van der Waals surface area contributed by atoms with Crippen molar-refractivity contribution in [1.82, 2.24) is 0 Å². The van der Waals surface area contributed by atoms with Gasteiger partial charge in [-0.05, 0) is 19.9 Å². The van der Waals surface area contributed by atoms with Gasteiger partial charge in [-0.15, -0.1) is 0 Å². The smallest absolute Gasteiger partial charge is 0.0169 e. The Kier molecular flexibility index (Phi) is 25.2. The zero-order valence-corrected chi connectivity index (χ0v) is 11.4. The van der Waals surface area contributed by atoms with Crippen LogP contribution < -0.4 is 0 Å².